The molecule has 0 saturated carbocycles. The van der Waals surface area contributed by atoms with Gasteiger partial charge in [-0.2, -0.15) is 0 Å². The lowest BCUT2D eigenvalue weighted by Gasteiger charge is -2.25. The van der Waals surface area contributed by atoms with Gasteiger partial charge in [-0.3, -0.25) is 4.90 Å². The summed E-state index contributed by atoms with van der Waals surface area (Å²) in [7, 11) is 4.18. The van der Waals surface area contributed by atoms with Crippen molar-refractivity contribution in [3.63, 3.8) is 0 Å². The number of carboxylic acid groups (broad SMARTS) is 1. The van der Waals surface area contributed by atoms with Gasteiger partial charge in [0.25, 0.3) is 0 Å². The zero-order valence-corrected chi connectivity index (χ0v) is 14.2. The minimum atomic E-state index is -0.907. The largest absolute Gasteiger partial charge is 0.478 e. The molecule has 0 fully saturated rings. The fourth-order valence-corrected chi connectivity index (χ4v) is 2.94. The lowest BCUT2D eigenvalue weighted by atomic mass is 10.2. The molecule has 0 aliphatic rings. The Bertz CT molecular complexity index is 467. The monoisotopic (exact) mass is 310 g/mol. The van der Waals surface area contributed by atoms with E-state index in [1.54, 1.807) is 17.4 Å². The van der Waals surface area contributed by atoms with Gasteiger partial charge in [-0.25, -0.2) is 4.79 Å². The summed E-state index contributed by atoms with van der Waals surface area (Å²) in [6.45, 7) is 8.56. The Morgan fingerprint density at radius 3 is 2.67 bits per heavy atom. The predicted octanol–water partition coefficient (Wildman–Crippen LogP) is 2.87. The maximum atomic E-state index is 10.5. The summed E-state index contributed by atoms with van der Waals surface area (Å²) in [6, 6.07) is 2.08. The van der Waals surface area contributed by atoms with Crippen LogP contribution in [0.2, 0.25) is 0 Å². The molecule has 0 radical (unpaired) electrons. The molecule has 1 aromatic rings. The lowest BCUT2D eigenvalue weighted by Crippen LogP contribution is -2.33. The highest BCUT2D eigenvalue weighted by Crippen LogP contribution is 2.18. The number of hydrogen-bond donors (Lipinski definition) is 1. The first-order valence-corrected chi connectivity index (χ1v) is 8.10. The Morgan fingerprint density at radius 2 is 2.10 bits per heavy atom. The van der Waals surface area contributed by atoms with Crippen LogP contribution in [0.25, 0.3) is 6.08 Å². The fourth-order valence-electron chi connectivity index (χ4n) is 2.05. The van der Waals surface area contributed by atoms with Crippen LogP contribution in [0.15, 0.2) is 17.5 Å². The van der Waals surface area contributed by atoms with Gasteiger partial charge < -0.3 is 10.0 Å². The molecule has 4 nitrogen and oxygen atoms in total. The molecule has 0 unspecified atom stereocenters. The van der Waals surface area contributed by atoms with Gasteiger partial charge >= 0.3 is 5.97 Å². The molecule has 21 heavy (non-hydrogen) atoms. The fraction of sp³-hybridized carbons (Fsp3) is 0.562. The molecule has 1 N–H and O–H groups in total. The Morgan fingerprint density at radius 1 is 1.38 bits per heavy atom. The van der Waals surface area contributed by atoms with E-state index in [-0.39, 0.29) is 0 Å². The summed E-state index contributed by atoms with van der Waals surface area (Å²) in [4.78, 5) is 16.5. The van der Waals surface area contributed by atoms with E-state index in [1.807, 2.05) is 5.38 Å². The molecule has 0 saturated heterocycles. The number of likely N-dealkylation sites (N-methyl/N-ethyl adjacent to an activating group) is 1. The molecule has 0 bridgehead atoms. The highest BCUT2D eigenvalue weighted by Gasteiger charge is 2.10. The van der Waals surface area contributed by atoms with Crippen LogP contribution in [0, 0.1) is 5.92 Å². The minimum absolute atomic E-state index is 0.638. The van der Waals surface area contributed by atoms with Crippen molar-refractivity contribution in [1.29, 1.82) is 0 Å². The maximum absolute atomic E-state index is 10.5. The van der Waals surface area contributed by atoms with E-state index in [9.17, 15) is 4.79 Å². The number of hydrogen-bond acceptors (Lipinski definition) is 4. The number of aliphatic carboxylic acids is 1. The van der Waals surface area contributed by atoms with Crippen molar-refractivity contribution >= 4 is 23.4 Å². The van der Waals surface area contributed by atoms with E-state index in [2.05, 4.69) is 43.8 Å². The topological polar surface area (TPSA) is 43.8 Å². The van der Waals surface area contributed by atoms with Crippen LogP contribution in [0.4, 0.5) is 0 Å². The Hall–Kier alpha value is -1.17. The molecule has 1 aromatic heterocycles. The number of carbonyl (C=O) groups is 1. The second-order valence-corrected chi connectivity index (χ2v) is 6.95. The average Bonchev–Trinajstić information content (AvgIpc) is 2.80. The maximum Gasteiger partial charge on any atom is 0.328 e. The number of carboxylic acids is 1. The third-order valence-electron chi connectivity index (χ3n) is 2.96. The van der Waals surface area contributed by atoms with Crippen molar-refractivity contribution in [3.05, 3.63) is 28.0 Å². The van der Waals surface area contributed by atoms with E-state index in [0.717, 1.165) is 31.7 Å². The smallest absolute Gasteiger partial charge is 0.328 e. The molecule has 1 rings (SSSR count). The quantitative estimate of drug-likeness (QED) is 0.712. The van der Waals surface area contributed by atoms with Crippen molar-refractivity contribution in [2.24, 2.45) is 5.92 Å². The second kappa shape index (κ2) is 8.97. The van der Waals surface area contributed by atoms with E-state index in [1.165, 1.54) is 11.0 Å². The van der Waals surface area contributed by atoms with Crippen molar-refractivity contribution in [1.82, 2.24) is 9.80 Å². The summed E-state index contributed by atoms with van der Waals surface area (Å²) in [6.07, 6.45) is 2.83. The van der Waals surface area contributed by atoms with Crippen LogP contribution >= 0.6 is 11.3 Å². The molecular formula is C16H26N2O2S. The van der Waals surface area contributed by atoms with Crippen molar-refractivity contribution in [2.45, 2.75) is 20.4 Å². The van der Waals surface area contributed by atoms with Crippen LogP contribution in [-0.2, 0) is 11.3 Å². The van der Waals surface area contributed by atoms with Crippen LogP contribution in [0.1, 0.15) is 24.3 Å². The van der Waals surface area contributed by atoms with Gasteiger partial charge in [0.1, 0.15) is 0 Å². The molecule has 0 aliphatic heterocycles. The molecule has 1 heterocycles. The molecule has 0 amide bonds. The van der Waals surface area contributed by atoms with Crippen LogP contribution in [0.5, 0.6) is 0 Å². The van der Waals surface area contributed by atoms with Crippen LogP contribution in [-0.4, -0.2) is 54.6 Å². The van der Waals surface area contributed by atoms with Gasteiger partial charge in [0.2, 0.25) is 0 Å². The first-order chi connectivity index (χ1) is 9.86. The summed E-state index contributed by atoms with van der Waals surface area (Å²) in [5.74, 6) is -0.270. The highest BCUT2D eigenvalue weighted by atomic mass is 32.1. The Balaban J connectivity index is 2.62. The standard InChI is InChI=1S/C16H26N2O2S/c1-13(2)10-18(8-7-17(3)4)11-15-9-14(12-21-15)5-6-16(19)20/h5-6,9,12-13H,7-8,10-11H2,1-4H3,(H,19,20). The molecule has 0 aliphatic carbocycles. The molecule has 0 atom stereocenters. The summed E-state index contributed by atoms with van der Waals surface area (Å²) in [5, 5.41) is 10.7. The average molecular weight is 310 g/mol. The third kappa shape index (κ3) is 7.99. The molecule has 0 aromatic carbocycles. The summed E-state index contributed by atoms with van der Waals surface area (Å²) >= 11 is 1.69. The molecule has 118 valence electrons. The van der Waals surface area contributed by atoms with Gasteiger partial charge in [-0.15, -0.1) is 11.3 Å². The van der Waals surface area contributed by atoms with Gasteiger partial charge in [0, 0.05) is 37.1 Å². The summed E-state index contributed by atoms with van der Waals surface area (Å²) in [5.41, 5.74) is 0.967. The van der Waals surface area contributed by atoms with Gasteiger partial charge in [0.15, 0.2) is 0 Å². The van der Waals surface area contributed by atoms with Crippen molar-refractivity contribution in [2.75, 3.05) is 33.7 Å². The van der Waals surface area contributed by atoms with Gasteiger partial charge in [0.05, 0.1) is 0 Å². The third-order valence-corrected chi connectivity index (χ3v) is 3.90. The molecular weight excluding hydrogens is 284 g/mol. The number of thiophene rings is 1. The van der Waals surface area contributed by atoms with Crippen LogP contribution in [0.3, 0.4) is 0 Å². The van der Waals surface area contributed by atoms with E-state index >= 15 is 0 Å². The lowest BCUT2D eigenvalue weighted by molar-refractivity contribution is -0.131. The molecule has 0 spiro atoms. The first kappa shape index (κ1) is 17.9. The normalized spacial score (nSPS) is 12.1. The van der Waals surface area contributed by atoms with E-state index < -0.39 is 5.97 Å². The Labute approximate surface area is 131 Å². The SMILES string of the molecule is CC(C)CN(CCN(C)C)Cc1cc(C=CC(=O)O)cs1. The van der Waals surface area contributed by atoms with Crippen LogP contribution < -0.4 is 0 Å². The van der Waals surface area contributed by atoms with Crippen molar-refractivity contribution in [3.8, 4) is 0 Å². The predicted molar refractivity (Wildman–Crippen MR) is 89.7 cm³/mol. The minimum Gasteiger partial charge on any atom is -0.478 e. The van der Waals surface area contributed by atoms with Crippen molar-refractivity contribution < 1.29 is 9.90 Å². The number of rotatable bonds is 9. The van der Waals surface area contributed by atoms with E-state index in [4.69, 9.17) is 5.11 Å². The van der Waals surface area contributed by atoms with E-state index in [0.29, 0.717) is 5.92 Å². The highest BCUT2D eigenvalue weighted by molar-refractivity contribution is 7.10. The Kier molecular flexibility index (Phi) is 7.64. The second-order valence-electron chi connectivity index (χ2n) is 5.95. The first-order valence-electron chi connectivity index (χ1n) is 7.22. The van der Waals surface area contributed by atoms with Gasteiger partial charge in [-0.05, 0) is 43.1 Å². The number of nitrogens with zero attached hydrogens (tertiary/aromatic N) is 2. The molecule has 5 heteroatoms. The van der Waals surface area contributed by atoms with Gasteiger partial charge in [-0.1, -0.05) is 13.8 Å². The zero-order valence-electron chi connectivity index (χ0n) is 13.4. The zero-order chi connectivity index (χ0) is 15.8. The summed E-state index contributed by atoms with van der Waals surface area (Å²) < 4.78 is 0.